The van der Waals surface area contributed by atoms with Crippen LogP contribution in [0.1, 0.15) is 25.5 Å². The van der Waals surface area contributed by atoms with Crippen molar-refractivity contribution < 1.29 is 9.53 Å². The minimum absolute atomic E-state index is 0.0580. The van der Waals surface area contributed by atoms with Crippen LogP contribution < -0.4 is 5.56 Å². The number of ether oxygens (including phenoxy) is 1. The molecule has 0 saturated heterocycles. The Labute approximate surface area is 102 Å². The SMILES string of the molecule is CCCC(=O)OCc1cc(=O)n2ccsc2n1. The lowest BCUT2D eigenvalue weighted by atomic mass is 10.3. The molecule has 0 N–H and O–H groups in total. The molecule has 0 unspecified atom stereocenters. The molecule has 0 fully saturated rings. The van der Waals surface area contributed by atoms with Crippen LogP contribution in [-0.4, -0.2) is 15.4 Å². The Balaban J connectivity index is 2.14. The van der Waals surface area contributed by atoms with Gasteiger partial charge in [-0.15, -0.1) is 11.3 Å². The summed E-state index contributed by atoms with van der Waals surface area (Å²) >= 11 is 1.37. The first-order valence-electron chi connectivity index (χ1n) is 5.32. The Morgan fingerprint density at radius 3 is 3.18 bits per heavy atom. The van der Waals surface area contributed by atoms with E-state index in [1.54, 1.807) is 11.6 Å². The van der Waals surface area contributed by atoms with E-state index in [-0.39, 0.29) is 18.1 Å². The standard InChI is InChI=1S/C11H12N2O3S/c1-2-3-10(15)16-7-8-6-9(14)13-4-5-17-11(13)12-8/h4-6H,2-3,7H2,1H3. The zero-order valence-electron chi connectivity index (χ0n) is 9.38. The fraction of sp³-hybridized carbons (Fsp3) is 0.364. The lowest BCUT2D eigenvalue weighted by Gasteiger charge is -2.03. The largest absolute Gasteiger partial charge is 0.459 e. The van der Waals surface area contributed by atoms with Crippen molar-refractivity contribution in [2.45, 2.75) is 26.4 Å². The maximum Gasteiger partial charge on any atom is 0.306 e. The first-order chi connectivity index (χ1) is 8.20. The van der Waals surface area contributed by atoms with E-state index in [1.165, 1.54) is 21.8 Å². The van der Waals surface area contributed by atoms with Gasteiger partial charge in [-0.05, 0) is 6.42 Å². The van der Waals surface area contributed by atoms with Gasteiger partial charge in [-0.2, -0.15) is 0 Å². The van der Waals surface area contributed by atoms with Gasteiger partial charge in [-0.3, -0.25) is 14.0 Å². The summed E-state index contributed by atoms with van der Waals surface area (Å²) < 4.78 is 6.46. The molecule has 0 bridgehead atoms. The monoisotopic (exact) mass is 252 g/mol. The van der Waals surface area contributed by atoms with Crippen molar-refractivity contribution in [2.75, 3.05) is 0 Å². The van der Waals surface area contributed by atoms with E-state index in [1.807, 2.05) is 6.92 Å². The Morgan fingerprint density at radius 1 is 1.59 bits per heavy atom. The molecule has 0 amide bonds. The van der Waals surface area contributed by atoms with E-state index in [4.69, 9.17) is 4.74 Å². The predicted octanol–water partition coefficient (Wildman–Crippen LogP) is 1.60. The maximum atomic E-state index is 11.6. The minimum atomic E-state index is -0.263. The molecule has 2 aromatic heterocycles. The van der Waals surface area contributed by atoms with Crippen LogP contribution in [0.5, 0.6) is 0 Å². The summed E-state index contributed by atoms with van der Waals surface area (Å²) in [5.74, 6) is -0.263. The quantitative estimate of drug-likeness (QED) is 0.775. The molecule has 90 valence electrons. The summed E-state index contributed by atoms with van der Waals surface area (Å²) in [5, 5.41) is 1.79. The highest BCUT2D eigenvalue weighted by Gasteiger charge is 2.06. The average Bonchev–Trinajstić information content (AvgIpc) is 2.75. The van der Waals surface area contributed by atoms with Crippen LogP contribution in [0.15, 0.2) is 22.4 Å². The second-order valence-electron chi connectivity index (χ2n) is 3.55. The topological polar surface area (TPSA) is 60.7 Å². The van der Waals surface area contributed by atoms with Crippen molar-refractivity contribution in [1.82, 2.24) is 9.38 Å². The maximum absolute atomic E-state index is 11.6. The number of thiazole rings is 1. The molecule has 6 heteroatoms. The second-order valence-corrected chi connectivity index (χ2v) is 4.42. The number of esters is 1. The third-order valence-electron chi connectivity index (χ3n) is 2.19. The molecule has 0 aliphatic carbocycles. The van der Waals surface area contributed by atoms with Crippen molar-refractivity contribution >= 4 is 22.3 Å². The fourth-order valence-electron chi connectivity index (χ4n) is 1.39. The number of hydrogen-bond donors (Lipinski definition) is 0. The van der Waals surface area contributed by atoms with Gasteiger partial charge in [0.15, 0.2) is 4.96 Å². The number of hydrogen-bond acceptors (Lipinski definition) is 5. The first-order valence-corrected chi connectivity index (χ1v) is 6.20. The molecule has 0 saturated carbocycles. The highest BCUT2D eigenvalue weighted by Crippen LogP contribution is 2.07. The van der Waals surface area contributed by atoms with Gasteiger partial charge in [-0.25, -0.2) is 4.98 Å². The highest BCUT2D eigenvalue weighted by atomic mass is 32.1. The number of carbonyl (C=O) groups excluding carboxylic acids is 1. The van der Waals surface area contributed by atoms with Gasteiger partial charge in [0.25, 0.3) is 5.56 Å². The van der Waals surface area contributed by atoms with E-state index < -0.39 is 0 Å². The van der Waals surface area contributed by atoms with E-state index in [0.29, 0.717) is 17.1 Å². The number of aromatic nitrogens is 2. The molecule has 2 heterocycles. The van der Waals surface area contributed by atoms with Gasteiger partial charge in [0, 0.05) is 24.1 Å². The van der Waals surface area contributed by atoms with Gasteiger partial charge in [0.2, 0.25) is 0 Å². The van der Waals surface area contributed by atoms with Gasteiger partial charge >= 0.3 is 5.97 Å². The summed E-state index contributed by atoms with van der Waals surface area (Å²) in [6.07, 6.45) is 2.81. The van der Waals surface area contributed by atoms with Gasteiger partial charge in [-0.1, -0.05) is 6.92 Å². The Morgan fingerprint density at radius 2 is 2.41 bits per heavy atom. The normalized spacial score (nSPS) is 10.6. The van der Waals surface area contributed by atoms with Crippen molar-refractivity contribution in [3.05, 3.63) is 33.7 Å². The molecule has 2 rings (SSSR count). The smallest absolute Gasteiger partial charge is 0.306 e. The lowest BCUT2D eigenvalue weighted by Crippen LogP contribution is -2.14. The summed E-state index contributed by atoms with van der Waals surface area (Å²) in [7, 11) is 0. The molecular formula is C11H12N2O3S. The average molecular weight is 252 g/mol. The minimum Gasteiger partial charge on any atom is -0.459 e. The van der Waals surface area contributed by atoms with Crippen LogP contribution in [0.2, 0.25) is 0 Å². The summed E-state index contributed by atoms with van der Waals surface area (Å²) in [4.78, 5) is 27.6. The van der Waals surface area contributed by atoms with Gasteiger partial charge in [0.05, 0.1) is 5.69 Å². The molecule has 0 aliphatic heterocycles. The third kappa shape index (κ3) is 2.71. The van der Waals surface area contributed by atoms with Crippen molar-refractivity contribution in [3.8, 4) is 0 Å². The van der Waals surface area contributed by atoms with Crippen LogP contribution >= 0.6 is 11.3 Å². The number of rotatable bonds is 4. The summed E-state index contributed by atoms with van der Waals surface area (Å²) in [6.45, 7) is 1.96. The Hall–Kier alpha value is -1.69. The van der Waals surface area contributed by atoms with Crippen LogP contribution in [0.25, 0.3) is 4.96 Å². The molecule has 5 nitrogen and oxygen atoms in total. The van der Waals surface area contributed by atoms with Crippen LogP contribution in [0.4, 0.5) is 0 Å². The molecule has 0 aromatic carbocycles. The third-order valence-corrected chi connectivity index (χ3v) is 2.95. The molecule has 0 atom stereocenters. The molecule has 0 radical (unpaired) electrons. The zero-order valence-corrected chi connectivity index (χ0v) is 10.2. The number of nitrogens with zero attached hydrogens (tertiary/aromatic N) is 2. The van der Waals surface area contributed by atoms with E-state index in [9.17, 15) is 9.59 Å². The lowest BCUT2D eigenvalue weighted by molar-refractivity contribution is -0.145. The number of carbonyl (C=O) groups is 1. The van der Waals surface area contributed by atoms with Crippen LogP contribution in [-0.2, 0) is 16.1 Å². The van der Waals surface area contributed by atoms with Crippen molar-refractivity contribution in [3.63, 3.8) is 0 Å². The molecule has 0 aliphatic rings. The molecule has 2 aromatic rings. The van der Waals surface area contributed by atoms with Crippen molar-refractivity contribution in [2.24, 2.45) is 0 Å². The summed E-state index contributed by atoms with van der Waals surface area (Å²) in [6, 6.07) is 1.39. The Bertz CT molecular complexity index is 588. The highest BCUT2D eigenvalue weighted by molar-refractivity contribution is 7.15. The van der Waals surface area contributed by atoms with E-state index in [2.05, 4.69) is 4.98 Å². The van der Waals surface area contributed by atoms with E-state index in [0.717, 1.165) is 6.42 Å². The molecular weight excluding hydrogens is 240 g/mol. The molecule has 17 heavy (non-hydrogen) atoms. The Kier molecular flexibility index (Phi) is 3.53. The van der Waals surface area contributed by atoms with Gasteiger partial charge < -0.3 is 4.74 Å². The van der Waals surface area contributed by atoms with Crippen LogP contribution in [0.3, 0.4) is 0 Å². The fourth-order valence-corrected chi connectivity index (χ4v) is 2.13. The van der Waals surface area contributed by atoms with Crippen molar-refractivity contribution in [1.29, 1.82) is 0 Å². The number of fused-ring (bicyclic) bond motifs is 1. The first kappa shape index (κ1) is 11.8. The summed E-state index contributed by atoms with van der Waals surface area (Å²) in [5.41, 5.74) is 0.333. The molecule has 0 spiro atoms. The van der Waals surface area contributed by atoms with Crippen LogP contribution in [0, 0.1) is 0 Å². The van der Waals surface area contributed by atoms with E-state index >= 15 is 0 Å². The predicted molar refractivity (Wildman–Crippen MR) is 64.0 cm³/mol. The zero-order chi connectivity index (χ0) is 12.3. The second kappa shape index (κ2) is 5.09. The van der Waals surface area contributed by atoms with Gasteiger partial charge in [0.1, 0.15) is 6.61 Å².